The molecule has 1 rings (SSSR count). The number of nitrogens with two attached hydrogens (primary N) is 3. The highest BCUT2D eigenvalue weighted by Gasteiger charge is 2.53. The summed E-state index contributed by atoms with van der Waals surface area (Å²) in [5, 5.41) is 29.4. The first kappa shape index (κ1) is 52.3. The topological polar surface area (TPSA) is 434 Å². The summed E-state index contributed by atoms with van der Waals surface area (Å²) in [7, 11) is 0. The van der Waals surface area contributed by atoms with Crippen LogP contribution in [0.15, 0.2) is 4.99 Å². The molecular weight excluding hydrogens is 826 g/mol. The molecule has 28 heteroatoms. The number of carbonyl (C=O) groups excluding carboxylic acids is 9. The van der Waals surface area contributed by atoms with Gasteiger partial charge in [-0.05, 0) is 12.8 Å². The molecule has 61 heavy (non-hydrogen) atoms. The molecule has 5 amide bonds. The molecule has 0 aromatic carbocycles. The SMILES string of the molecule is CC(=O)OC[C@H]1O[C@@H](OC[C@H](NC(=O)[C@H](CC(=O)O)NC(=O)CNC(=O)[C@H](CCCN=C(N)N)NC(=O)CN)C(=O)NCC(=O)O)[C@H](OC(C)=O)[C@@H](OC(C)=O)[C@@H]1OC(C)=O. The van der Waals surface area contributed by atoms with E-state index in [9.17, 15) is 57.8 Å². The number of hydrogen-bond donors (Lipinski definition) is 10. The van der Waals surface area contributed by atoms with Gasteiger partial charge in [0.15, 0.2) is 30.6 Å². The van der Waals surface area contributed by atoms with Crippen LogP contribution in [0.2, 0.25) is 0 Å². The summed E-state index contributed by atoms with van der Waals surface area (Å²) in [6.45, 7) is -0.00853. The Hall–Kier alpha value is -6.68. The van der Waals surface area contributed by atoms with Gasteiger partial charge in [-0.1, -0.05) is 0 Å². The average Bonchev–Trinajstić information content (AvgIpc) is 3.15. The van der Waals surface area contributed by atoms with Crippen molar-refractivity contribution in [2.24, 2.45) is 22.2 Å². The van der Waals surface area contributed by atoms with Crippen LogP contribution >= 0.6 is 0 Å². The first-order chi connectivity index (χ1) is 28.5. The van der Waals surface area contributed by atoms with Gasteiger partial charge in [-0.25, -0.2) is 0 Å². The molecule has 1 saturated heterocycles. The summed E-state index contributed by atoms with van der Waals surface area (Å²) in [5.74, 6) is -12.4. The fourth-order valence-corrected chi connectivity index (χ4v) is 5.20. The van der Waals surface area contributed by atoms with E-state index in [0.29, 0.717) is 0 Å². The first-order valence-electron chi connectivity index (χ1n) is 18.1. The fraction of sp³-hybridized carbons (Fsp3) is 0.636. The van der Waals surface area contributed by atoms with Crippen LogP contribution in [-0.4, -0.2) is 170 Å². The normalized spacial score (nSPS) is 19.5. The maximum Gasteiger partial charge on any atom is 0.322 e. The summed E-state index contributed by atoms with van der Waals surface area (Å²) < 4.78 is 32.3. The Balaban J connectivity index is 3.39. The summed E-state index contributed by atoms with van der Waals surface area (Å²) in [6.07, 6.45) is -9.35. The third-order valence-corrected chi connectivity index (χ3v) is 7.66. The number of esters is 4. The minimum Gasteiger partial charge on any atom is -0.481 e. The van der Waals surface area contributed by atoms with Crippen LogP contribution in [0.1, 0.15) is 47.0 Å². The van der Waals surface area contributed by atoms with Crippen LogP contribution in [0.25, 0.3) is 0 Å². The molecule has 1 heterocycles. The smallest absolute Gasteiger partial charge is 0.322 e. The van der Waals surface area contributed by atoms with E-state index in [2.05, 4.69) is 26.3 Å². The van der Waals surface area contributed by atoms with Gasteiger partial charge in [0.2, 0.25) is 29.5 Å². The van der Waals surface area contributed by atoms with E-state index in [-0.39, 0.29) is 25.3 Å². The van der Waals surface area contributed by atoms with Gasteiger partial charge in [0, 0.05) is 34.2 Å². The quantitative estimate of drug-likeness (QED) is 0.0134. The zero-order valence-electron chi connectivity index (χ0n) is 33.5. The zero-order valence-corrected chi connectivity index (χ0v) is 33.5. The molecule has 342 valence electrons. The maximum atomic E-state index is 13.5. The van der Waals surface area contributed by atoms with Gasteiger partial charge in [-0.3, -0.25) is 57.7 Å². The van der Waals surface area contributed by atoms with Crippen molar-refractivity contribution in [2.45, 2.75) is 95.8 Å². The van der Waals surface area contributed by atoms with Crippen LogP contribution < -0.4 is 43.8 Å². The van der Waals surface area contributed by atoms with E-state index in [4.69, 9.17) is 50.7 Å². The lowest BCUT2D eigenvalue weighted by molar-refractivity contribution is -0.308. The Kier molecular flexibility index (Phi) is 22.7. The fourth-order valence-electron chi connectivity index (χ4n) is 5.20. The summed E-state index contributed by atoms with van der Waals surface area (Å²) in [5.41, 5.74) is 15.9. The second-order valence-corrected chi connectivity index (χ2v) is 12.8. The number of carbonyl (C=O) groups is 11. The van der Waals surface area contributed by atoms with Crippen LogP contribution in [0.5, 0.6) is 0 Å². The Morgan fingerprint density at radius 2 is 1.23 bits per heavy atom. The van der Waals surface area contributed by atoms with Crippen LogP contribution in [0, 0.1) is 0 Å². The Morgan fingerprint density at radius 1 is 0.672 bits per heavy atom. The van der Waals surface area contributed by atoms with Crippen molar-refractivity contribution in [1.82, 2.24) is 26.6 Å². The molecule has 13 N–H and O–H groups in total. The van der Waals surface area contributed by atoms with Gasteiger partial charge in [-0.15, -0.1) is 0 Å². The number of carboxylic acids is 2. The molecule has 1 fully saturated rings. The van der Waals surface area contributed by atoms with Gasteiger partial charge in [0.25, 0.3) is 0 Å². The van der Waals surface area contributed by atoms with E-state index in [0.717, 1.165) is 27.7 Å². The van der Waals surface area contributed by atoms with Gasteiger partial charge < -0.3 is 82.4 Å². The van der Waals surface area contributed by atoms with Crippen molar-refractivity contribution >= 4 is 71.3 Å². The Morgan fingerprint density at radius 3 is 1.77 bits per heavy atom. The predicted molar refractivity (Wildman–Crippen MR) is 199 cm³/mol. The minimum absolute atomic E-state index is 0.00896. The second-order valence-electron chi connectivity index (χ2n) is 12.8. The maximum absolute atomic E-state index is 13.5. The summed E-state index contributed by atoms with van der Waals surface area (Å²) in [6, 6.07) is -5.13. The standard InChI is InChI=1S/C33H51N9O19/c1-14(43)56-13-21-26(58-15(2)44)27(59-16(3)45)28(60-17(4)46)32(61-21)57-12-20(30(54)39-11-25(51)52)42-31(55)19(8-24(49)50)41-23(48)10-38-29(53)18(40-22(47)9-34)6-5-7-37-33(35)36/h18-21,26-28,32H,5-13,34H2,1-4H3,(H,38,53)(H,39,54)(H,40,47)(H,41,48)(H,42,55)(H,49,50)(H,51,52)(H4,35,36,37)/t18-,19-,20-,21+,26+,27-,28+,32+/m0/s1. The number of hydrogen-bond acceptors (Lipinski definition) is 19. The Labute approximate surface area is 346 Å². The van der Waals surface area contributed by atoms with Crippen molar-refractivity contribution in [2.75, 3.05) is 39.4 Å². The number of nitrogens with zero attached hydrogens (tertiary/aromatic N) is 1. The van der Waals surface area contributed by atoms with Crippen molar-refractivity contribution in [3.8, 4) is 0 Å². The van der Waals surface area contributed by atoms with Crippen LogP contribution in [0.3, 0.4) is 0 Å². The van der Waals surface area contributed by atoms with Gasteiger partial charge in [-0.2, -0.15) is 0 Å². The van der Waals surface area contributed by atoms with Crippen LogP contribution in [-0.2, 0) is 81.2 Å². The lowest BCUT2D eigenvalue weighted by Gasteiger charge is -2.44. The number of rotatable bonds is 25. The number of carboxylic acid groups (broad SMARTS) is 2. The zero-order chi connectivity index (χ0) is 46.4. The second kappa shape index (κ2) is 26.4. The lowest BCUT2D eigenvalue weighted by atomic mass is 9.98. The van der Waals surface area contributed by atoms with Gasteiger partial charge in [0.1, 0.15) is 37.4 Å². The monoisotopic (exact) mass is 877 g/mol. The number of aliphatic carboxylic acids is 2. The summed E-state index contributed by atoms with van der Waals surface area (Å²) in [4.78, 5) is 139. The number of ether oxygens (including phenoxy) is 6. The third kappa shape index (κ3) is 20.7. The number of amides is 5. The molecule has 0 aromatic heterocycles. The number of nitrogens with one attached hydrogen (secondary N) is 5. The molecule has 0 saturated carbocycles. The van der Waals surface area contributed by atoms with E-state index < -0.39 is 153 Å². The molecule has 0 aromatic rings. The summed E-state index contributed by atoms with van der Waals surface area (Å²) >= 11 is 0. The highest BCUT2D eigenvalue weighted by Crippen LogP contribution is 2.30. The lowest BCUT2D eigenvalue weighted by Crippen LogP contribution is -2.63. The molecule has 0 bridgehead atoms. The molecule has 0 spiro atoms. The number of guanidine groups is 1. The van der Waals surface area contributed by atoms with Crippen molar-refractivity contribution in [3.63, 3.8) is 0 Å². The van der Waals surface area contributed by atoms with Gasteiger partial charge >= 0.3 is 35.8 Å². The average molecular weight is 878 g/mol. The molecule has 0 unspecified atom stereocenters. The highest BCUT2D eigenvalue weighted by atomic mass is 16.7. The largest absolute Gasteiger partial charge is 0.481 e. The van der Waals surface area contributed by atoms with E-state index in [1.165, 1.54) is 0 Å². The number of aliphatic imine (C=N–C) groups is 1. The highest BCUT2D eigenvalue weighted by molar-refractivity contribution is 5.96. The molecular formula is C33H51N9O19. The Bertz CT molecular complexity index is 1660. The molecule has 1 aliphatic heterocycles. The van der Waals surface area contributed by atoms with Crippen molar-refractivity contribution in [1.29, 1.82) is 0 Å². The first-order valence-corrected chi connectivity index (χ1v) is 18.1. The van der Waals surface area contributed by atoms with E-state index in [1.807, 2.05) is 5.32 Å². The van der Waals surface area contributed by atoms with Crippen molar-refractivity contribution in [3.05, 3.63) is 0 Å². The predicted octanol–water partition coefficient (Wildman–Crippen LogP) is -6.66. The van der Waals surface area contributed by atoms with E-state index in [1.54, 1.807) is 0 Å². The van der Waals surface area contributed by atoms with E-state index >= 15 is 0 Å². The molecule has 0 radical (unpaired) electrons. The van der Waals surface area contributed by atoms with Crippen LogP contribution in [0.4, 0.5) is 0 Å². The molecule has 28 nitrogen and oxygen atoms in total. The molecule has 8 atom stereocenters. The molecule has 0 aliphatic carbocycles. The van der Waals surface area contributed by atoms with Gasteiger partial charge in [0.05, 0.1) is 26.1 Å². The third-order valence-electron chi connectivity index (χ3n) is 7.66. The van der Waals surface area contributed by atoms with Crippen molar-refractivity contribution < 1.29 is 91.4 Å². The minimum atomic E-state index is -1.96. The molecule has 1 aliphatic rings.